The van der Waals surface area contributed by atoms with Crippen molar-refractivity contribution in [3.05, 3.63) is 47.4 Å². The maximum Gasteiger partial charge on any atom is 0.416 e. The molecule has 8 nitrogen and oxygen atoms in total. The molecule has 3 heterocycles. The number of likely N-dealkylation sites (tertiary alicyclic amines) is 1. The summed E-state index contributed by atoms with van der Waals surface area (Å²) >= 11 is 0. The predicted octanol–water partition coefficient (Wildman–Crippen LogP) is 4.79. The number of aromatic nitrogens is 2. The van der Waals surface area contributed by atoms with Crippen LogP contribution in [0.5, 0.6) is 0 Å². The van der Waals surface area contributed by atoms with Crippen molar-refractivity contribution in [2.45, 2.75) is 76.5 Å². The average Bonchev–Trinajstić information content (AvgIpc) is 3.65. The largest absolute Gasteiger partial charge is 0.447 e. The van der Waals surface area contributed by atoms with Crippen molar-refractivity contribution >= 4 is 17.9 Å². The monoisotopic (exact) mass is 496 g/mol. The van der Waals surface area contributed by atoms with E-state index in [4.69, 9.17) is 10.5 Å². The van der Waals surface area contributed by atoms with Gasteiger partial charge < -0.3 is 15.8 Å². The zero-order chi connectivity index (χ0) is 25.7. The van der Waals surface area contributed by atoms with Gasteiger partial charge in [-0.3, -0.25) is 9.80 Å². The van der Waals surface area contributed by atoms with E-state index in [1.54, 1.807) is 23.2 Å². The van der Waals surface area contributed by atoms with Crippen molar-refractivity contribution < 1.29 is 13.9 Å². The van der Waals surface area contributed by atoms with Gasteiger partial charge >= 0.3 is 6.09 Å². The number of amides is 1. The number of benzene rings is 1. The van der Waals surface area contributed by atoms with Gasteiger partial charge in [-0.05, 0) is 77.0 Å². The molecule has 1 aliphatic carbocycles. The van der Waals surface area contributed by atoms with E-state index in [9.17, 15) is 4.79 Å². The first-order chi connectivity index (χ1) is 17.1. The number of halogens is 1. The topological polar surface area (TPSA) is 96.6 Å². The van der Waals surface area contributed by atoms with Gasteiger partial charge in [0.05, 0.1) is 11.6 Å². The molecule has 0 bridgehead atoms. The molecule has 1 amide bonds. The highest BCUT2D eigenvalue weighted by atomic mass is 19.1. The van der Waals surface area contributed by atoms with Crippen LogP contribution in [0.3, 0.4) is 0 Å². The fraction of sp³-hybridized carbons (Fsp3) is 0.593. The number of nitrogens with two attached hydrogens (primary N) is 1. The summed E-state index contributed by atoms with van der Waals surface area (Å²) in [4.78, 5) is 25.4. The van der Waals surface area contributed by atoms with E-state index in [0.717, 1.165) is 44.3 Å². The van der Waals surface area contributed by atoms with Crippen LogP contribution in [0, 0.1) is 11.7 Å². The first-order valence-corrected chi connectivity index (χ1v) is 13.0. The van der Waals surface area contributed by atoms with Crippen LogP contribution in [0.15, 0.2) is 30.5 Å². The first-order valence-electron chi connectivity index (χ1n) is 13.0. The number of cyclic esters (lactones) is 1. The van der Waals surface area contributed by atoms with E-state index >= 15 is 4.39 Å². The number of carbonyl (C=O) groups is 1. The second-order valence-corrected chi connectivity index (χ2v) is 11.3. The Morgan fingerprint density at radius 2 is 1.92 bits per heavy atom. The molecule has 2 saturated heterocycles. The van der Waals surface area contributed by atoms with Gasteiger partial charge in [-0.2, -0.15) is 4.98 Å². The number of piperidine rings is 1. The van der Waals surface area contributed by atoms with Crippen molar-refractivity contribution in [2.75, 3.05) is 29.9 Å². The third-order valence-corrected chi connectivity index (χ3v) is 8.32. The SMILES string of the molecule is CC(c1ccc([C@H](C)Nc2nccc(N3C(=O)OC[C@]3(C)C3CC3)n2)cc1F)N1CCC(C)(N)CC1. The van der Waals surface area contributed by atoms with Gasteiger partial charge in [0.2, 0.25) is 5.95 Å². The minimum Gasteiger partial charge on any atom is -0.447 e. The highest BCUT2D eigenvalue weighted by Gasteiger charge is 2.54. The van der Waals surface area contributed by atoms with Crippen molar-refractivity contribution in [2.24, 2.45) is 11.7 Å². The van der Waals surface area contributed by atoms with Crippen LogP contribution in [0.25, 0.3) is 0 Å². The Labute approximate surface area is 212 Å². The zero-order valence-corrected chi connectivity index (χ0v) is 21.6. The Hall–Kier alpha value is -2.78. The van der Waals surface area contributed by atoms with Gasteiger partial charge in [-0.25, -0.2) is 14.2 Å². The molecular formula is C27H37FN6O2. The normalized spacial score (nSPS) is 25.9. The summed E-state index contributed by atoms with van der Waals surface area (Å²) < 4.78 is 20.6. The Balaban J connectivity index is 1.28. The fourth-order valence-corrected chi connectivity index (χ4v) is 5.50. The van der Waals surface area contributed by atoms with E-state index < -0.39 is 0 Å². The standard InChI is InChI=1S/C27H37FN6O2/c1-17(19-5-8-21(22(28)15-19)18(2)33-13-10-26(3,29)11-14-33)31-24-30-12-9-23(32-24)34-25(35)36-16-27(34,4)20-6-7-20/h5,8-9,12,15,17-18,20H,6-7,10-11,13-14,16,29H2,1-4H3,(H,30,31,32)/t17-,18?,27+/m0/s1. The van der Waals surface area contributed by atoms with Crippen molar-refractivity contribution in [1.82, 2.24) is 14.9 Å². The summed E-state index contributed by atoms with van der Waals surface area (Å²) in [7, 11) is 0. The lowest BCUT2D eigenvalue weighted by Gasteiger charge is -2.40. The molecular weight excluding hydrogens is 459 g/mol. The molecule has 3 fully saturated rings. The van der Waals surface area contributed by atoms with Gasteiger partial charge in [0.1, 0.15) is 18.2 Å². The number of rotatable bonds is 7. The molecule has 9 heteroatoms. The Kier molecular flexibility index (Phi) is 6.41. The maximum absolute atomic E-state index is 15.2. The third kappa shape index (κ3) is 4.78. The summed E-state index contributed by atoms with van der Waals surface area (Å²) in [6.45, 7) is 10.2. The predicted molar refractivity (Wildman–Crippen MR) is 137 cm³/mol. The number of nitrogens with one attached hydrogen (secondary N) is 1. The molecule has 2 aliphatic heterocycles. The average molecular weight is 497 g/mol. The van der Waals surface area contributed by atoms with Gasteiger partial charge in [-0.1, -0.05) is 12.1 Å². The summed E-state index contributed by atoms with van der Waals surface area (Å²) in [5.41, 5.74) is 7.23. The van der Waals surface area contributed by atoms with Crippen LogP contribution in [0.2, 0.25) is 0 Å². The summed E-state index contributed by atoms with van der Waals surface area (Å²) in [6, 6.07) is 6.91. The lowest BCUT2D eigenvalue weighted by molar-refractivity contribution is 0.130. The second kappa shape index (κ2) is 9.27. The van der Waals surface area contributed by atoms with E-state index in [1.807, 2.05) is 19.1 Å². The highest BCUT2D eigenvalue weighted by molar-refractivity contribution is 5.90. The smallest absolute Gasteiger partial charge is 0.416 e. The van der Waals surface area contributed by atoms with Crippen LogP contribution in [-0.4, -0.2) is 51.7 Å². The van der Waals surface area contributed by atoms with Crippen LogP contribution in [0.1, 0.15) is 76.6 Å². The lowest BCUT2D eigenvalue weighted by atomic mass is 9.89. The molecule has 3 atom stereocenters. The Bertz CT molecular complexity index is 1130. The molecule has 1 saturated carbocycles. The lowest BCUT2D eigenvalue weighted by Crippen LogP contribution is -2.48. The second-order valence-electron chi connectivity index (χ2n) is 11.3. The van der Waals surface area contributed by atoms with E-state index in [0.29, 0.717) is 29.9 Å². The quantitative estimate of drug-likeness (QED) is 0.569. The van der Waals surface area contributed by atoms with Gasteiger partial charge in [0.25, 0.3) is 0 Å². The minimum absolute atomic E-state index is 0.0144. The molecule has 36 heavy (non-hydrogen) atoms. The molecule has 1 aromatic carbocycles. The molecule has 3 N–H and O–H groups in total. The molecule has 2 aromatic rings. The number of ether oxygens (including phenoxy) is 1. The maximum atomic E-state index is 15.2. The number of carbonyl (C=O) groups excluding carboxylic acids is 1. The first kappa shape index (κ1) is 24.9. The van der Waals surface area contributed by atoms with Crippen molar-refractivity contribution in [3.8, 4) is 0 Å². The van der Waals surface area contributed by atoms with E-state index in [2.05, 4.69) is 41.0 Å². The van der Waals surface area contributed by atoms with Crippen LogP contribution in [-0.2, 0) is 4.74 Å². The molecule has 5 rings (SSSR count). The Morgan fingerprint density at radius 3 is 2.58 bits per heavy atom. The summed E-state index contributed by atoms with van der Waals surface area (Å²) in [5.74, 6) is 1.10. The summed E-state index contributed by atoms with van der Waals surface area (Å²) in [6.07, 6.45) is 5.24. The molecule has 3 aliphatic rings. The molecule has 1 unspecified atom stereocenters. The number of anilines is 2. The van der Waals surface area contributed by atoms with Gasteiger partial charge in [-0.15, -0.1) is 0 Å². The van der Waals surface area contributed by atoms with Gasteiger partial charge in [0.15, 0.2) is 0 Å². The third-order valence-electron chi connectivity index (χ3n) is 8.32. The van der Waals surface area contributed by atoms with Gasteiger partial charge in [0, 0.05) is 36.4 Å². The summed E-state index contributed by atoms with van der Waals surface area (Å²) in [5, 5.41) is 3.27. The van der Waals surface area contributed by atoms with Crippen LogP contribution >= 0.6 is 0 Å². The Morgan fingerprint density at radius 1 is 1.19 bits per heavy atom. The number of hydrogen-bond donors (Lipinski definition) is 2. The van der Waals surface area contributed by atoms with E-state index in [-0.39, 0.29) is 35.1 Å². The minimum atomic E-state index is -0.388. The fourth-order valence-electron chi connectivity index (χ4n) is 5.50. The number of nitrogens with zero attached hydrogens (tertiary/aromatic N) is 4. The van der Waals surface area contributed by atoms with Crippen LogP contribution < -0.4 is 16.0 Å². The molecule has 194 valence electrons. The highest BCUT2D eigenvalue weighted by Crippen LogP contribution is 2.47. The van der Waals surface area contributed by atoms with Crippen molar-refractivity contribution in [3.63, 3.8) is 0 Å². The van der Waals surface area contributed by atoms with E-state index in [1.165, 1.54) is 0 Å². The number of hydrogen-bond acceptors (Lipinski definition) is 7. The molecule has 0 spiro atoms. The molecule has 0 radical (unpaired) electrons. The zero-order valence-electron chi connectivity index (χ0n) is 21.6. The van der Waals surface area contributed by atoms with Crippen LogP contribution in [0.4, 0.5) is 21.0 Å². The van der Waals surface area contributed by atoms with Crippen molar-refractivity contribution in [1.29, 1.82) is 0 Å². The molecule has 1 aromatic heterocycles.